The molecule has 1 atom stereocenters. The van der Waals surface area contributed by atoms with Crippen LogP contribution < -0.4 is 5.32 Å². The maximum absolute atomic E-state index is 4.33. The van der Waals surface area contributed by atoms with E-state index in [-0.39, 0.29) is 0 Å². The number of aromatic nitrogens is 2. The summed E-state index contributed by atoms with van der Waals surface area (Å²) in [5.41, 5.74) is 2.41. The third-order valence-electron chi connectivity index (χ3n) is 2.80. The quantitative estimate of drug-likeness (QED) is 0.566. The first-order valence-corrected chi connectivity index (χ1v) is 5.97. The van der Waals surface area contributed by atoms with Crippen molar-refractivity contribution in [2.24, 2.45) is 7.05 Å². The van der Waals surface area contributed by atoms with Crippen LogP contribution in [0.4, 0.5) is 0 Å². The Morgan fingerprint density at radius 2 is 2.38 bits per heavy atom. The van der Waals surface area contributed by atoms with Crippen molar-refractivity contribution in [3.63, 3.8) is 0 Å². The SMILES string of the molecule is C=CCCCC(C)NCc1cn(C)nc1C. The van der Waals surface area contributed by atoms with Crippen molar-refractivity contribution in [1.29, 1.82) is 0 Å². The lowest BCUT2D eigenvalue weighted by Crippen LogP contribution is -2.25. The summed E-state index contributed by atoms with van der Waals surface area (Å²) in [6.45, 7) is 8.93. The maximum atomic E-state index is 4.33. The van der Waals surface area contributed by atoms with Crippen molar-refractivity contribution in [2.75, 3.05) is 0 Å². The Morgan fingerprint density at radius 3 is 2.94 bits per heavy atom. The number of rotatable bonds is 7. The number of hydrogen-bond donors (Lipinski definition) is 1. The molecular weight excluding hydrogens is 198 g/mol. The molecule has 1 N–H and O–H groups in total. The summed E-state index contributed by atoms with van der Waals surface area (Å²) in [7, 11) is 1.96. The normalized spacial score (nSPS) is 12.7. The first-order chi connectivity index (χ1) is 7.63. The molecule has 16 heavy (non-hydrogen) atoms. The van der Waals surface area contributed by atoms with Crippen molar-refractivity contribution in [3.8, 4) is 0 Å². The lowest BCUT2D eigenvalue weighted by atomic mass is 10.1. The minimum Gasteiger partial charge on any atom is -0.310 e. The van der Waals surface area contributed by atoms with Gasteiger partial charge in [0, 0.05) is 31.4 Å². The molecule has 0 spiro atoms. The van der Waals surface area contributed by atoms with Crippen LogP contribution in [0.25, 0.3) is 0 Å². The molecule has 1 heterocycles. The molecule has 0 aliphatic rings. The van der Waals surface area contributed by atoms with E-state index in [1.807, 2.05) is 17.8 Å². The molecule has 0 saturated heterocycles. The number of allylic oxidation sites excluding steroid dienone is 1. The van der Waals surface area contributed by atoms with Crippen molar-refractivity contribution in [1.82, 2.24) is 15.1 Å². The predicted octanol–water partition coefficient (Wildman–Crippen LogP) is 2.56. The number of hydrogen-bond acceptors (Lipinski definition) is 2. The zero-order valence-corrected chi connectivity index (χ0v) is 10.7. The van der Waals surface area contributed by atoms with Crippen LogP contribution in [0.3, 0.4) is 0 Å². The highest BCUT2D eigenvalue weighted by Crippen LogP contribution is 2.06. The average molecular weight is 221 g/mol. The van der Waals surface area contributed by atoms with Crippen LogP contribution in [-0.4, -0.2) is 15.8 Å². The third kappa shape index (κ3) is 4.19. The highest BCUT2D eigenvalue weighted by molar-refractivity contribution is 5.14. The molecule has 0 bridgehead atoms. The van der Waals surface area contributed by atoms with Gasteiger partial charge in [0.1, 0.15) is 0 Å². The van der Waals surface area contributed by atoms with Crippen molar-refractivity contribution < 1.29 is 0 Å². The van der Waals surface area contributed by atoms with E-state index >= 15 is 0 Å². The van der Waals surface area contributed by atoms with Crippen LogP contribution in [-0.2, 0) is 13.6 Å². The van der Waals surface area contributed by atoms with E-state index in [1.54, 1.807) is 0 Å². The second-order valence-corrected chi connectivity index (χ2v) is 4.41. The van der Waals surface area contributed by atoms with Crippen LogP contribution in [0.2, 0.25) is 0 Å². The van der Waals surface area contributed by atoms with Crippen LogP contribution in [0, 0.1) is 6.92 Å². The zero-order valence-electron chi connectivity index (χ0n) is 10.7. The Kier molecular flexibility index (Phi) is 5.26. The van der Waals surface area contributed by atoms with E-state index in [0.29, 0.717) is 6.04 Å². The predicted molar refractivity (Wildman–Crippen MR) is 68.3 cm³/mol. The number of unbranched alkanes of at least 4 members (excludes halogenated alkanes) is 1. The minimum atomic E-state index is 0.555. The molecule has 0 saturated carbocycles. The summed E-state index contributed by atoms with van der Waals surface area (Å²) < 4.78 is 1.87. The molecule has 1 aromatic rings. The van der Waals surface area contributed by atoms with E-state index in [9.17, 15) is 0 Å². The summed E-state index contributed by atoms with van der Waals surface area (Å²) >= 11 is 0. The van der Waals surface area contributed by atoms with Gasteiger partial charge >= 0.3 is 0 Å². The average Bonchev–Trinajstić information content (AvgIpc) is 2.55. The molecule has 1 rings (SSSR count). The topological polar surface area (TPSA) is 29.9 Å². The summed E-state index contributed by atoms with van der Waals surface area (Å²) in [6.07, 6.45) is 7.59. The largest absolute Gasteiger partial charge is 0.310 e. The molecule has 3 heteroatoms. The Hall–Kier alpha value is -1.09. The van der Waals surface area contributed by atoms with Crippen LogP contribution >= 0.6 is 0 Å². The van der Waals surface area contributed by atoms with E-state index < -0.39 is 0 Å². The number of aryl methyl sites for hydroxylation is 2. The van der Waals surface area contributed by atoms with Gasteiger partial charge in [-0.15, -0.1) is 6.58 Å². The molecule has 0 aliphatic heterocycles. The first-order valence-electron chi connectivity index (χ1n) is 5.97. The van der Waals surface area contributed by atoms with E-state index in [4.69, 9.17) is 0 Å². The Morgan fingerprint density at radius 1 is 1.62 bits per heavy atom. The number of nitrogens with zero attached hydrogens (tertiary/aromatic N) is 2. The fourth-order valence-corrected chi connectivity index (χ4v) is 1.78. The van der Waals surface area contributed by atoms with Crippen LogP contribution in [0.1, 0.15) is 37.4 Å². The smallest absolute Gasteiger partial charge is 0.0638 e. The monoisotopic (exact) mass is 221 g/mol. The molecule has 1 unspecified atom stereocenters. The molecule has 0 aliphatic carbocycles. The molecule has 90 valence electrons. The Balaban J connectivity index is 2.28. The van der Waals surface area contributed by atoms with Crippen LogP contribution in [0.15, 0.2) is 18.9 Å². The lowest BCUT2D eigenvalue weighted by Gasteiger charge is -2.12. The molecule has 1 aromatic heterocycles. The van der Waals surface area contributed by atoms with Gasteiger partial charge in [-0.2, -0.15) is 5.10 Å². The fourth-order valence-electron chi connectivity index (χ4n) is 1.78. The van der Waals surface area contributed by atoms with Gasteiger partial charge in [0.15, 0.2) is 0 Å². The molecule has 0 amide bonds. The van der Waals surface area contributed by atoms with Crippen molar-refractivity contribution in [3.05, 3.63) is 30.1 Å². The van der Waals surface area contributed by atoms with Gasteiger partial charge < -0.3 is 5.32 Å². The zero-order chi connectivity index (χ0) is 12.0. The van der Waals surface area contributed by atoms with Gasteiger partial charge in [0.2, 0.25) is 0 Å². The van der Waals surface area contributed by atoms with Gasteiger partial charge in [0.05, 0.1) is 5.69 Å². The summed E-state index contributed by atoms with van der Waals surface area (Å²) in [4.78, 5) is 0. The number of nitrogens with one attached hydrogen (secondary N) is 1. The minimum absolute atomic E-state index is 0.555. The van der Waals surface area contributed by atoms with E-state index in [0.717, 1.165) is 18.7 Å². The molecule has 0 fully saturated rings. The fraction of sp³-hybridized carbons (Fsp3) is 0.615. The summed E-state index contributed by atoms with van der Waals surface area (Å²) in [6, 6.07) is 0.555. The maximum Gasteiger partial charge on any atom is 0.0638 e. The molecular formula is C13H23N3. The highest BCUT2D eigenvalue weighted by Gasteiger charge is 2.05. The van der Waals surface area contributed by atoms with Crippen LogP contribution in [0.5, 0.6) is 0 Å². The second kappa shape index (κ2) is 6.48. The highest BCUT2D eigenvalue weighted by atomic mass is 15.2. The van der Waals surface area contributed by atoms with Gasteiger partial charge in [0.25, 0.3) is 0 Å². The second-order valence-electron chi connectivity index (χ2n) is 4.41. The van der Waals surface area contributed by atoms with Gasteiger partial charge in [-0.1, -0.05) is 6.08 Å². The summed E-state index contributed by atoms with van der Waals surface area (Å²) in [5, 5.41) is 7.85. The Bertz CT molecular complexity index is 328. The van der Waals surface area contributed by atoms with E-state index in [1.165, 1.54) is 18.4 Å². The lowest BCUT2D eigenvalue weighted by molar-refractivity contribution is 0.499. The third-order valence-corrected chi connectivity index (χ3v) is 2.80. The molecule has 0 aromatic carbocycles. The molecule has 3 nitrogen and oxygen atoms in total. The van der Waals surface area contributed by atoms with Gasteiger partial charge in [-0.05, 0) is 33.1 Å². The first kappa shape index (κ1) is 13.0. The van der Waals surface area contributed by atoms with Gasteiger partial charge in [-0.3, -0.25) is 4.68 Å². The van der Waals surface area contributed by atoms with E-state index in [2.05, 4.69) is 37.0 Å². The molecule has 0 radical (unpaired) electrons. The van der Waals surface area contributed by atoms with Gasteiger partial charge in [-0.25, -0.2) is 0 Å². The Labute approximate surface area is 98.5 Å². The van der Waals surface area contributed by atoms with Crippen molar-refractivity contribution in [2.45, 2.75) is 45.7 Å². The van der Waals surface area contributed by atoms with Crippen molar-refractivity contribution >= 4 is 0 Å². The standard InChI is InChI=1S/C13H23N3/c1-5-6-7-8-11(2)14-9-13-10-16(4)15-12(13)3/h5,10-11,14H,1,6-9H2,2-4H3. The summed E-state index contributed by atoms with van der Waals surface area (Å²) in [5.74, 6) is 0.